The highest BCUT2D eigenvalue weighted by Gasteiger charge is 2.24. The van der Waals surface area contributed by atoms with Gasteiger partial charge in [-0.2, -0.15) is 9.78 Å². The molecule has 2 heterocycles. The van der Waals surface area contributed by atoms with Gasteiger partial charge in [0.1, 0.15) is 35.3 Å². The van der Waals surface area contributed by atoms with Crippen molar-refractivity contribution in [1.82, 2.24) is 19.3 Å². The van der Waals surface area contributed by atoms with Gasteiger partial charge in [-0.15, -0.1) is 0 Å². The summed E-state index contributed by atoms with van der Waals surface area (Å²) in [6.45, 7) is 1.92. The monoisotopic (exact) mass is 477 g/mol. The summed E-state index contributed by atoms with van der Waals surface area (Å²) in [6, 6.07) is 14.4. The lowest BCUT2D eigenvalue weighted by Crippen LogP contribution is -2.31. The second-order valence-electron chi connectivity index (χ2n) is 8.75. The minimum absolute atomic E-state index is 0.189. The fourth-order valence-electron chi connectivity index (χ4n) is 4.11. The van der Waals surface area contributed by atoms with Crippen molar-refractivity contribution in [3.63, 3.8) is 0 Å². The van der Waals surface area contributed by atoms with Gasteiger partial charge in [0.15, 0.2) is 0 Å². The Morgan fingerprint density at radius 2 is 1.83 bits per heavy atom. The topological polar surface area (TPSA) is 74.0 Å². The number of anilines is 1. The number of hydrogen-bond donors (Lipinski definition) is 1. The summed E-state index contributed by atoms with van der Waals surface area (Å²) in [5.74, 6) is 1.26. The van der Waals surface area contributed by atoms with Crippen molar-refractivity contribution in [2.75, 3.05) is 5.32 Å². The van der Waals surface area contributed by atoms with Gasteiger partial charge in [-0.05, 0) is 68.1 Å². The van der Waals surface area contributed by atoms with Crippen LogP contribution in [0.1, 0.15) is 31.7 Å². The molecule has 0 amide bonds. The van der Waals surface area contributed by atoms with Crippen LogP contribution in [0.5, 0.6) is 11.5 Å². The maximum atomic E-state index is 14.0. The van der Waals surface area contributed by atoms with E-state index in [0.717, 1.165) is 22.5 Å². The third-order valence-electron chi connectivity index (χ3n) is 6.40. The van der Waals surface area contributed by atoms with Gasteiger partial charge in [0, 0.05) is 23.9 Å². The Hall–Kier alpha value is -4.01. The van der Waals surface area contributed by atoms with Crippen LogP contribution in [0.2, 0.25) is 0 Å². The summed E-state index contributed by atoms with van der Waals surface area (Å²) in [6.07, 6.45) is 6.74. The normalized spacial score (nSPS) is 14.4. The number of pyridine rings is 1. The molecule has 9 heteroatoms. The first-order valence-corrected chi connectivity index (χ1v) is 11.6. The highest BCUT2D eigenvalue weighted by atomic mass is 19.1. The van der Waals surface area contributed by atoms with E-state index in [1.54, 1.807) is 36.5 Å². The van der Waals surface area contributed by atoms with Gasteiger partial charge >= 0.3 is 5.69 Å². The molecule has 0 aliphatic heterocycles. The molecule has 0 spiro atoms. The van der Waals surface area contributed by atoms with Crippen LogP contribution in [-0.4, -0.2) is 25.4 Å². The Labute approximate surface area is 201 Å². The third-order valence-corrected chi connectivity index (χ3v) is 6.40. The van der Waals surface area contributed by atoms with E-state index in [2.05, 4.69) is 22.3 Å². The lowest BCUT2D eigenvalue weighted by molar-refractivity contribution is 0.285. The average Bonchev–Trinajstić information content (AvgIpc) is 3.16. The molecule has 35 heavy (non-hydrogen) atoms. The van der Waals surface area contributed by atoms with Crippen LogP contribution in [0.15, 0.2) is 71.9 Å². The molecule has 1 aliphatic rings. The number of nitrogens with one attached hydrogen (secondary N) is 1. The van der Waals surface area contributed by atoms with Crippen LogP contribution in [0.4, 0.5) is 14.6 Å². The van der Waals surface area contributed by atoms with E-state index in [1.807, 2.05) is 6.07 Å². The Morgan fingerprint density at radius 3 is 2.51 bits per heavy atom. The molecule has 4 aromatic rings. The highest BCUT2D eigenvalue weighted by molar-refractivity contribution is 5.44. The number of aromatic nitrogens is 4. The number of rotatable bonds is 8. The summed E-state index contributed by atoms with van der Waals surface area (Å²) in [4.78, 5) is 17.1. The average molecular weight is 478 g/mol. The lowest BCUT2D eigenvalue weighted by atomic mass is 9.80. The van der Waals surface area contributed by atoms with Gasteiger partial charge < -0.3 is 10.1 Å². The molecule has 1 N–H and O–H groups in total. The first-order chi connectivity index (χ1) is 17.0. The van der Waals surface area contributed by atoms with Crippen LogP contribution in [0.25, 0.3) is 5.69 Å². The SMILES string of the molecule is C[C@@H](Nc1cc(Oc2ccc(-n3ncn(Cc4c(F)cccc4F)c3=O)cc2)ccn1)C1CCC1. The van der Waals surface area contributed by atoms with E-state index >= 15 is 0 Å². The van der Waals surface area contributed by atoms with Gasteiger partial charge in [0.25, 0.3) is 0 Å². The molecular formula is C26H25F2N5O2. The molecule has 1 aliphatic carbocycles. The fraction of sp³-hybridized carbons (Fsp3) is 0.269. The molecular weight excluding hydrogens is 452 g/mol. The quantitative estimate of drug-likeness (QED) is 0.380. The maximum absolute atomic E-state index is 14.0. The Bertz CT molecular complexity index is 1360. The summed E-state index contributed by atoms with van der Waals surface area (Å²) in [5, 5.41) is 7.53. The molecule has 0 unspecified atom stereocenters. The molecule has 180 valence electrons. The van der Waals surface area contributed by atoms with Crippen LogP contribution in [0.3, 0.4) is 0 Å². The van der Waals surface area contributed by atoms with Crippen LogP contribution >= 0.6 is 0 Å². The van der Waals surface area contributed by atoms with E-state index < -0.39 is 17.3 Å². The summed E-state index contributed by atoms with van der Waals surface area (Å²) < 4.78 is 36.2. The van der Waals surface area contributed by atoms with Crippen molar-refractivity contribution in [2.45, 2.75) is 38.8 Å². The van der Waals surface area contributed by atoms with E-state index in [1.165, 1.54) is 36.3 Å². The number of ether oxygens (including phenoxy) is 1. The molecule has 7 nitrogen and oxygen atoms in total. The zero-order valence-electron chi connectivity index (χ0n) is 19.2. The molecule has 2 aromatic carbocycles. The van der Waals surface area contributed by atoms with Crippen LogP contribution in [0, 0.1) is 17.6 Å². The second-order valence-corrected chi connectivity index (χ2v) is 8.75. The number of nitrogens with zero attached hydrogens (tertiary/aromatic N) is 4. The largest absolute Gasteiger partial charge is 0.457 e. The Morgan fingerprint density at radius 1 is 1.09 bits per heavy atom. The Kier molecular flexibility index (Phi) is 6.31. The number of benzene rings is 2. The van der Waals surface area contributed by atoms with E-state index in [-0.39, 0.29) is 12.1 Å². The zero-order chi connectivity index (χ0) is 24.4. The minimum Gasteiger partial charge on any atom is -0.457 e. The van der Waals surface area contributed by atoms with Gasteiger partial charge in [-0.25, -0.2) is 18.6 Å². The predicted octanol–water partition coefficient (Wildman–Crippen LogP) is 5.15. The van der Waals surface area contributed by atoms with Gasteiger partial charge in [-0.3, -0.25) is 4.57 Å². The van der Waals surface area contributed by atoms with E-state index in [0.29, 0.717) is 29.1 Å². The molecule has 1 saturated carbocycles. The minimum atomic E-state index is -0.710. The fourth-order valence-corrected chi connectivity index (χ4v) is 4.11. The Balaban J connectivity index is 1.27. The van der Waals surface area contributed by atoms with Gasteiger partial charge in [0.05, 0.1) is 12.2 Å². The molecule has 0 bridgehead atoms. The smallest absolute Gasteiger partial charge is 0.350 e. The summed E-state index contributed by atoms with van der Waals surface area (Å²) in [7, 11) is 0. The standard InChI is InChI=1S/C26H25F2N5O2/c1-17(18-4-2-5-18)31-25-14-21(12-13-29-25)35-20-10-8-19(9-11-20)33-26(34)32(16-30-33)15-22-23(27)6-3-7-24(22)28/h3,6-14,16-18H,2,4-5,15H2,1H3,(H,29,31)/t17-/m1/s1. The van der Waals surface area contributed by atoms with Crippen molar-refractivity contribution in [3.05, 3.63) is 94.8 Å². The van der Waals surface area contributed by atoms with E-state index in [4.69, 9.17) is 4.74 Å². The molecule has 1 atom stereocenters. The van der Waals surface area contributed by atoms with Crippen molar-refractivity contribution in [1.29, 1.82) is 0 Å². The van der Waals surface area contributed by atoms with Crippen LogP contribution in [-0.2, 0) is 6.54 Å². The third kappa shape index (κ3) is 4.94. The predicted molar refractivity (Wildman–Crippen MR) is 128 cm³/mol. The molecule has 1 fully saturated rings. The highest BCUT2D eigenvalue weighted by Crippen LogP contribution is 2.31. The van der Waals surface area contributed by atoms with Crippen molar-refractivity contribution >= 4 is 5.82 Å². The lowest BCUT2D eigenvalue weighted by Gasteiger charge is -2.32. The molecule has 5 rings (SSSR count). The first kappa shape index (κ1) is 22.8. The van der Waals surface area contributed by atoms with Crippen molar-refractivity contribution in [2.24, 2.45) is 5.92 Å². The van der Waals surface area contributed by atoms with E-state index in [9.17, 15) is 13.6 Å². The van der Waals surface area contributed by atoms with Crippen LogP contribution < -0.4 is 15.7 Å². The first-order valence-electron chi connectivity index (χ1n) is 11.6. The van der Waals surface area contributed by atoms with Crippen molar-refractivity contribution in [3.8, 4) is 17.2 Å². The van der Waals surface area contributed by atoms with Crippen molar-refractivity contribution < 1.29 is 13.5 Å². The zero-order valence-corrected chi connectivity index (χ0v) is 19.2. The number of halogens is 2. The second kappa shape index (κ2) is 9.69. The summed E-state index contributed by atoms with van der Waals surface area (Å²) >= 11 is 0. The van der Waals surface area contributed by atoms with Gasteiger partial charge in [-0.1, -0.05) is 12.5 Å². The summed E-state index contributed by atoms with van der Waals surface area (Å²) in [5.41, 5.74) is -0.195. The molecule has 0 saturated heterocycles. The maximum Gasteiger partial charge on any atom is 0.350 e. The number of hydrogen-bond acceptors (Lipinski definition) is 5. The molecule has 2 aromatic heterocycles. The van der Waals surface area contributed by atoms with Gasteiger partial charge in [0.2, 0.25) is 0 Å². The molecule has 0 radical (unpaired) electrons.